The Morgan fingerprint density at radius 1 is 1.42 bits per heavy atom. The van der Waals surface area contributed by atoms with Gasteiger partial charge in [-0.05, 0) is 26.2 Å². The average molecular weight is 363 g/mol. The Morgan fingerprint density at radius 2 is 2.23 bits per heavy atom. The van der Waals surface area contributed by atoms with E-state index < -0.39 is 6.10 Å². The van der Waals surface area contributed by atoms with Crippen LogP contribution < -0.4 is 0 Å². The summed E-state index contributed by atoms with van der Waals surface area (Å²) in [5, 5.41) is 16.4. The molecule has 2 N–H and O–H groups in total. The summed E-state index contributed by atoms with van der Waals surface area (Å²) in [6, 6.07) is -0.178. The van der Waals surface area contributed by atoms with Gasteiger partial charge in [0.05, 0.1) is 24.7 Å². The van der Waals surface area contributed by atoms with Crippen molar-refractivity contribution in [3.63, 3.8) is 0 Å². The number of nitrogens with one attached hydrogen (secondary N) is 1. The van der Waals surface area contributed by atoms with Crippen molar-refractivity contribution in [2.24, 2.45) is 11.3 Å². The van der Waals surface area contributed by atoms with Crippen LogP contribution in [0.25, 0.3) is 0 Å². The van der Waals surface area contributed by atoms with E-state index in [1.807, 2.05) is 6.92 Å². The van der Waals surface area contributed by atoms with E-state index in [1.165, 1.54) is 6.33 Å². The van der Waals surface area contributed by atoms with Crippen molar-refractivity contribution in [2.45, 2.75) is 38.3 Å². The molecule has 4 rings (SSSR count). The lowest BCUT2D eigenvalue weighted by molar-refractivity contribution is -0.168. The molecule has 9 nitrogen and oxygen atoms in total. The van der Waals surface area contributed by atoms with Crippen LogP contribution in [0.15, 0.2) is 6.33 Å². The number of aliphatic hydroxyl groups excluding tert-OH is 1. The van der Waals surface area contributed by atoms with Gasteiger partial charge in [-0.15, -0.1) is 0 Å². The molecule has 3 aliphatic rings. The number of hydrogen-bond acceptors (Lipinski definition) is 6. The van der Waals surface area contributed by atoms with Crippen LogP contribution in [0.4, 0.5) is 0 Å². The molecular weight excluding hydrogens is 338 g/mol. The SMILES string of the molecule is C[C@@H]1[C@@H](O)CCCN1C(=O)[C@@H]1COCCC12CN(C(=O)c1ncn[nH]1)C2. The number of carbonyl (C=O) groups is 2. The molecule has 3 atom stereocenters. The molecule has 26 heavy (non-hydrogen) atoms. The maximum Gasteiger partial charge on any atom is 0.291 e. The number of hydrogen-bond donors (Lipinski definition) is 2. The second-order valence-corrected chi connectivity index (χ2v) is 7.72. The molecule has 3 aliphatic heterocycles. The van der Waals surface area contributed by atoms with Crippen LogP contribution in [0, 0.1) is 11.3 Å². The zero-order valence-corrected chi connectivity index (χ0v) is 14.9. The molecule has 1 aromatic heterocycles. The Morgan fingerprint density at radius 3 is 2.96 bits per heavy atom. The molecule has 4 heterocycles. The number of rotatable bonds is 2. The molecule has 3 saturated heterocycles. The number of aromatic amines is 1. The van der Waals surface area contributed by atoms with E-state index in [9.17, 15) is 14.7 Å². The van der Waals surface area contributed by atoms with Crippen molar-refractivity contribution in [3.8, 4) is 0 Å². The lowest BCUT2D eigenvalue weighted by Gasteiger charge is -2.56. The van der Waals surface area contributed by atoms with E-state index in [2.05, 4.69) is 15.2 Å². The zero-order chi connectivity index (χ0) is 18.3. The average Bonchev–Trinajstić information content (AvgIpc) is 3.15. The number of amides is 2. The third kappa shape index (κ3) is 2.79. The summed E-state index contributed by atoms with van der Waals surface area (Å²) >= 11 is 0. The van der Waals surface area contributed by atoms with Gasteiger partial charge in [0.15, 0.2) is 0 Å². The number of aromatic nitrogens is 3. The lowest BCUT2D eigenvalue weighted by Crippen LogP contribution is -2.67. The molecular formula is C17H25N5O4. The molecule has 9 heteroatoms. The molecule has 3 fully saturated rings. The van der Waals surface area contributed by atoms with E-state index in [0.29, 0.717) is 32.8 Å². The highest BCUT2D eigenvalue weighted by atomic mass is 16.5. The van der Waals surface area contributed by atoms with E-state index >= 15 is 0 Å². The summed E-state index contributed by atoms with van der Waals surface area (Å²) in [6.45, 7) is 4.60. The van der Waals surface area contributed by atoms with Crippen LogP contribution in [0.2, 0.25) is 0 Å². The van der Waals surface area contributed by atoms with Crippen LogP contribution in [0.3, 0.4) is 0 Å². The molecule has 0 radical (unpaired) electrons. The third-order valence-electron chi connectivity index (χ3n) is 6.21. The van der Waals surface area contributed by atoms with Gasteiger partial charge in [-0.3, -0.25) is 14.7 Å². The summed E-state index contributed by atoms with van der Waals surface area (Å²) in [5.74, 6) is -0.194. The van der Waals surface area contributed by atoms with Crippen LogP contribution in [0.5, 0.6) is 0 Å². The normalized spacial score (nSPS) is 30.9. The number of H-pyrrole nitrogens is 1. The van der Waals surface area contributed by atoms with Gasteiger partial charge in [-0.2, -0.15) is 5.10 Å². The zero-order valence-electron chi connectivity index (χ0n) is 14.9. The van der Waals surface area contributed by atoms with Gasteiger partial charge in [0, 0.05) is 31.7 Å². The van der Waals surface area contributed by atoms with Crippen molar-refractivity contribution in [1.29, 1.82) is 0 Å². The van der Waals surface area contributed by atoms with Crippen molar-refractivity contribution >= 4 is 11.8 Å². The van der Waals surface area contributed by atoms with Gasteiger partial charge in [0.25, 0.3) is 5.91 Å². The Labute approximate surface area is 151 Å². The molecule has 0 unspecified atom stereocenters. The number of aliphatic hydroxyl groups is 1. The fourth-order valence-corrected chi connectivity index (χ4v) is 4.49. The van der Waals surface area contributed by atoms with Gasteiger partial charge in [-0.25, -0.2) is 4.98 Å². The first kappa shape index (κ1) is 17.4. The summed E-state index contributed by atoms with van der Waals surface area (Å²) in [5.41, 5.74) is -0.243. The highest BCUT2D eigenvalue weighted by Crippen LogP contribution is 2.45. The fraction of sp³-hybridized carbons (Fsp3) is 0.765. The highest BCUT2D eigenvalue weighted by molar-refractivity contribution is 5.91. The Balaban J connectivity index is 1.47. The first-order valence-corrected chi connectivity index (χ1v) is 9.23. The van der Waals surface area contributed by atoms with Crippen LogP contribution in [-0.4, -0.2) is 86.9 Å². The molecule has 0 aliphatic carbocycles. The van der Waals surface area contributed by atoms with Crippen LogP contribution in [0.1, 0.15) is 36.8 Å². The molecule has 1 spiro atoms. The largest absolute Gasteiger partial charge is 0.391 e. The van der Waals surface area contributed by atoms with Crippen molar-refractivity contribution in [3.05, 3.63) is 12.2 Å². The minimum Gasteiger partial charge on any atom is -0.391 e. The van der Waals surface area contributed by atoms with Gasteiger partial charge in [0.2, 0.25) is 11.7 Å². The van der Waals surface area contributed by atoms with Crippen molar-refractivity contribution in [2.75, 3.05) is 32.8 Å². The maximum atomic E-state index is 13.2. The van der Waals surface area contributed by atoms with E-state index in [-0.39, 0.29) is 35.0 Å². The fourth-order valence-electron chi connectivity index (χ4n) is 4.49. The smallest absolute Gasteiger partial charge is 0.291 e. The summed E-state index contributed by atoms with van der Waals surface area (Å²) in [7, 11) is 0. The van der Waals surface area contributed by atoms with E-state index in [1.54, 1.807) is 9.80 Å². The maximum absolute atomic E-state index is 13.2. The topological polar surface area (TPSA) is 112 Å². The number of ether oxygens (including phenoxy) is 1. The molecule has 2 amide bonds. The Kier molecular flexibility index (Phi) is 4.44. The monoisotopic (exact) mass is 363 g/mol. The van der Waals surface area contributed by atoms with Gasteiger partial charge < -0.3 is 19.6 Å². The molecule has 142 valence electrons. The van der Waals surface area contributed by atoms with Crippen LogP contribution >= 0.6 is 0 Å². The lowest BCUT2D eigenvalue weighted by atomic mass is 9.65. The molecule has 1 aromatic rings. The van der Waals surface area contributed by atoms with Gasteiger partial charge in [-0.1, -0.05) is 0 Å². The first-order chi connectivity index (χ1) is 12.5. The number of carbonyl (C=O) groups excluding carboxylic acids is 2. The second-order valence-electron chi connectivity index (χ2n) is 7.72. The third-order valence-corrected chi connectivity index (χ3v) is 6.21. The Hall–Kier alpha value is -2.00. The Bertz CT molecular complexity index is 673. The summed E-state index contributed by atoms with van der Waals surface area (Å²) in [6.07, 6.45) is 3.14. The second kappa shape index (κ2) is 6.62. The highest BCUT2D eigenvalue weighted by Gasteiger charge is 2.56. The minimum atomic E-state index is -0.473. The van der Waals surface area contributed by atoms with Gasteiger partial charge >= 0.3 is 0 Å². The number of piperidine rings is 1. The number of likely N-dealkylation sites (tertiary alicyclic amines) is 2. The van der Waals surface area contributed by atoms with E-state index in [0.717, 1.165) is 19.3 Å². The summed E-state index contributed by atoms with van der Waals surface area (Å²) in [4.78, 5) is 33.1. The minimum absolute atomic E-state index is 0.0442. The van der Waals surface area contributed by atoms with Crippen molar-refractivity contribution < 1.29 is 19.4 Å². The number of nitrogens with zero attached hydrogens (tertiary/aromatic N) is 4. The van der Waals surface area contributed by atoms with Crippen molar-refractivity contribution in [1.82, 2.24) is 25.0 Å². The standard InChI is InChI=1S/C17H25N5O4/c1-11-13(23)3-2-5-22(11)15(24)12-7-26-6-4-17(12)8-21(9-17)16(25)14-18-10-19-20-14/h10-13,23H,2-9H2,1H3,(H,18,19,20)/t11-,12+,13+/m1/s1. The quantitative estimate of drug-likeness (QED) is 0.743. The predicted octanol–water partition coefficient (Wildman–Crippen LogP) is -0.345. The predicted molar refractivity (Wildman–Crippen MR) is 90.1 cm³/mol. The summed E-state index contributed by atoms with van der Waals surface area (Å²) < 4.78 is 5.61. The van der Waals surface area contributed by atoms with Crippen LogP contribution in [-0.2, 0) is 9.53 Å². The molecule has 0 bridgehead atoms. The first-order valence-electron chi connectivity index (χ1n) is 9.23. The molecule has 0 saturated carbocycles. The molecule has 0 aromatic carbocycles. The van der Waals surface area contributed by atoms with E-state index in [4.69, 9.17) is 4.74 Å². The van der Waals surface area contributed by atoms with Gasteiger partial charge in [0.1, 0.15) is 6.33 Å².